The molecule has 2 unspecified atom stereocenters. The lowest BCUT2D eigenvalue weighted by Gasteiger charge is -2.25. The largest absolute Gasteiger partial charge is 0.481 e. The van der Waals surface area contributed by atoms with Gasteiger partial charge in [-0.2, -0.15) is 0 Å². The van der Waals surface area contributed by atoms with Gasteiger partial charge in [0.1, 0.15) is 0 Å². The van der Waals surface area contributed by atoms with E-state index in [1.165, 1.54) is 0 Å². The lowest BCUT2D eigenvalue weighted by Crippen LogP contribution is -2.39. The number of methoxy groups -OCH3 is 1. The Kier molecular flexibility index (Phi) is 5.67. The number of nitrogens with zero attached hydrogens (tertiary/aromatic N) is 1. The minimum Gasteiger partial charge on any atom is -0.481 e. The van der Waals surface area contributed by atoms with E-state index in [1.54, 1.807) is 23.8 Å². The van der Waals surface area contributed by atoms with Crippen LogP contribution in [0.2, 0.25) is 0 Å². The summed E-state index contributed by atoms with van der Waals surface area (Å²) >= 11 is 1.58. The highest BCUT2D eigenvalue weighted by Crippen LogP contribution is 2.27. The molecule has 0 radical (unpaired) electrons. The number of hydrogen-bond acceptors (Lipinski definition) is 4. The number of carbonyl (C=O) groups excluding carboxylic acids is 1. The molecular weight excluding hydrogens is 266 g/mol. The van der Waals surface area contributed by atoms with Crippen LogP contribution in [0.15, 0.2) is 0 Å². The highest BCUT2D eigenvalue weighted by atomic mass is 32.2. The Morgan fingerprint density at radius 3 is 2.53 bits per heavy atom. The van der Waals surface area contributed by atoms with Crippen molar-refractivity contribution >= 4 is 23.6 Å². The van der Waals surface area contributed by atoms with Gasteiger partial charge in [0.2, 0.25) is 5.91 Å². The van der Waals surface area contributed by atoms with E-state index in [-0.39, 0.29) is 29.2 Å². The second-order valence-corrected chi connectivity index (χ2v) is 7.59. The minimum absolute atomic E-state index is 0.00530. The van der Waals surface area contributed by atoms with Gasteiger partial charge >= 0.3 is 5.97 Å². The number of carboxylic acid groups (broad SMARTS) is 1. The zero-order valence-electron chi connectivity index (χ0n) is 12.0. The molecule has 0 bridgehead atoms. The van der Waals surface area contributed by atoms with Gasteiger partial charge in [-0.15, -0.1) is 11.8 Å². The molecule has 0 saturated carbocycles. The van der Waals surface area contributed by atoms with E-state index < -0.39 is 5.97 Å². The van der Waals surface area contributed by atoms with Gasteiger partial charge in [-0.1, -0.05) is 20.8 Å². The Balaban J connectivity index is 2.61. The van der Waals surface area contributed by atoms with E-state index in [9.17, 15) is 9.59 Å². The van der Waals surface area contributed by atoms with Crippen molar-refractivity contribution in [2.24, 2.45) is 0 Å². The molecular formula is C13H23NO4S. The molecule has 0 aromatic carbocycles. The minimum atomic E-state index is -0.872. The average Bonchev–Trinajstić information content (AvgIpc) is 2.67. The summed E-state index contributed by atoms with van der Waals surface area (Å²) in [6, 6.07) is -0.240. The lowest BCUT2D eigenvalue weighted by atomic mass is 10.1. The number of likely N-dealkylation sites (tertiary alicyclic amines) is 1. The first kappa shape index (κ1) is 16.3. The van der Waals surface area contributed by atoms with Crippen molar-refractivity contribution in [2.75, 3.05) is 19.4 Å². The topological polar surface area (TPSA) is 66.8 Å². The molecule has 5 nitrogen and oxygen atoms in total. The summed E-state index contributed by atoms with van der Waals surface area (Å²) < 4.78 is 5.28. The molecule has 0 aliphatic carbocycles. The molecule has 1 N–H and O–H groups in total. The van der Waals surface area contributed by atoms with Crippen molar-refractivity contribution in [3.63, 3.8) is 0 Å². The normalized spacial score (nSPS) is 23.7. The standard InChI is InChI=1S/C13H23NO4S/c1-13(2,3)19-8-11(15)14-7-10(18-4)5-9(14)6-12(16)17/h9-10H,5-8H2,1-4H3,(H,16,17). The van der Waals surface area contributed by atoms with Crippen LogP contribution in [-0.2, 0) is 14.3 Å². The van der Waals surface area contributed by atoms with Crippen molar-refractivity contribution < 1.29 is 19.4 Å². The molecule has 1 aliphatic rings. The smallest absolute Gasteiger partial charge is 0.305 e. The van der Waals surface area contributed by atoms with Crippen LogP contribution in [-0.4, -0.2) is 58.2 Å². The van der Waals surface area contributed by atoms with Gasteiger partial charge in [0, 0.05) is 24.4 Å². The molecule has 110 valence electrons. The molecule has 1 heterocycles. The maximum absolute atomic E-state index is 12.2. The van der Waals surface area contributed by atoms with Gasteiger partial charge in [0.25, 0.3) is 0 Å². The van der Waals surface area contributed by atoms with E-state index in [0.29, 0.717) is 18.7 Å². The van der Waals surface area contributed by atoms with Crippen LogP contribution in [0.5, 0.6) is 0 Å². The van der Waals surface area contributed by atoms with Gasteiger partial charge in [0.15, 0.2) is 0 Å². The first-order valence-corrected chi connectivity index (χ1v) is 7.39. The van der Waals surface area contributed by atoms with Crippen molar-refractivity contribution in [3.8, 4) is 0 Å². The van der Waals surface area contributed by atoms with Crippen LogP contribution in [0.25, 0.3) is 0 Å². The zero-order chi connectivity index (χ0) is 14.6. The van der Waals surface area contributed by atoms with Crippen LogP contribution in [0.1, 0.15) is 33.6 Å². The summed E-state index contributed by atoms with van der Waals surface area (Å²) in [5.74, 6) is -0.482. The first-order chi connectivity index (χ1) is 8.73. The van der Waals surface area contributed by atoms with Crippen LogP contribution in [0.4, 0.5) is 0 Å². The Labute approximate surface area is 118 Å². The number of thioether (sulfide) groups is 1. The lowest BCUT2D eigenvalue weighted by molar-refractivity contribution is -0.139. The molecule has 1 fully saturated rings. The second kappa shape index (κ2) is 6.61. The van der Waals surface area contributed by atoms with Crippen molar-refractivity contribution in [1.82, 2.24) is 4.90 Å². The third kappa shape index (κ3) is 5.40. The first-order valence-electron chi connectivity index (χ1n) is 6.41. The van der Waals surface area contributed by atoms with Crippen molar-refractivity contribution in [2.45, 2.75) is 50.5 Å². The molecule has 2 atom stereocenters. The molecule has 1 rings (SSSR count). The number of amides is 1. The van der Waals surface area contributed by atoms with Gasteiger partial charge in [-0.25, -0.2) is 0 Å². The summed E-state index contributed by atoms with van der Waals surface area (Å²) in [6.45, 7) is 6.67. The SMILES string of the molecule is COC1CC(CC(=O)O)N(C(=O)CSC(C)(C)C)C1. The number of carboxylic acids is 1. The number of aliphatic carboxylic acids is 1. The predicted molar refractivity (Wildman–Crippen MR) is 75.4 cm³/mol. The van der Waals surface area contributed by atoms with Crippen molar-refractivity contribution in [3.05, 3.63) is 0 Å². The van der Waals surface area contributed by atoms with Gasteiger partial charge < -0.3 is 14.7 Å². The average molecular weight is 289 g/mol. The van der Waals surface area contributed by atoms with Crippen LogP contribution < -0.4 is 0 Å². The molecule has 19 heavy (non-hydrogen) atoms. The molecule has 6 heteroatoms. The Morgan fingerprint density at radius 1 is 1.42 bits per heavy atom. The maximum Gasteiger partial charge on any atom is 0.305 e. The summed E-state index contributed by atoms with van der Waals surface area (Å²) in [7, 11) is 1.60. The van der Waals surface area contributed by atoms with E-state index in [0.717, 1.165) is 0 Å². The highest BCUT2D eigenvalue weighted by molar-refractivity contribution is 8.01. The fourth-order valence-corrected chi connectivity index (χ4v) is 2.83. The van der Waals surface area contributed by atoms with Crippen LogP contribution >= 0.6 is 11.8 Å². The number of carbonyl (C=O) groups is 2. The quantitative estimate of drug-likeness (QED) is 0.833. The molecule has 1 aliphatic heterocycles. The summed E-state index contributed by atoms with van der Waals surface area (Å²) in [6.07, 6.45) is 0.550. The highest BCUT2D eigenvalue weighted by Gasteiger charge is 2.36. The fourth-order valence-electron chi connectivity index (χ4n) is 2.11. The zero-order valence-corrected chi connectivity index (χ0v) is 12.8. The van der Waals surface area contributed by atoms with Gasteiger partial charge in [0.05, 0.1) is 18.3 Å². The Bertz CT molecular complexity index is 340. The van der Waals surface area contributed by atoms with E-state index in [2.05, 4.69) is 20.8 Å². The van der Waals surface area contributed by atoms with Gasteiger partial charge in [-0.3, -0.25) is 9.59 Å². The van der Waals surface area contributed by atoms with Crippen LogP contribution in [0.3, 0.4) is 0 Å². The third-order valence-electron chi connectivity index (χ3n) is 3.07. The number of ether oxygens (including phenoxy) is 1. The third-order valence-corrected chi connectivity index (χ3v) is 4.33. The molecule has 0 aromatic rings. The second-order valence-electron chi connectivity index (χ2n) is 5.79. The van der Waals surface area contributed by atoms with Crippen molar-refractivity contribution in [1.29, 1.82) is 0 Å². The summed E-state index contributed by atoms with van der Waals surface area (Å²) in [5.41, 5.74) is 0. The molecule has 0 aromatic heterocycles. The van der Waals surface area contributed by atoms with Crippen LogP contribution in [0, 0.1) is 0 Å². The summed E-state index contributed by atoms with van der Waals surface area (Å²) in [5, 5.41) is 8.91. The van der Waals surface area contributed by atoms with E-state index in [4.69, 9.17) is 9.84 Å². The summed E-state index contributed by atoms with van der Waals surface area (Å²) in [4.78, 5) is 24.7. The molecule has 1 saturated heterocycles. The number of hydrogen-bond donors (Lipinski definition) is 1. The van der Waals surface area contributed by atoms with E-state index in [1.807, 2.05) is 0 Å². The molecule has 0 spiro atoms. The monoisotopic (exact) mass is 289 g/mol. The Morgan fingerprint density at radius 2 is 2.05 bits per heavy atom. The van der Waals surface area contributed by atoms with Gasteiger partial charge in [-0.05, 0) is 6.42 Å². The fraction of sp³-hybridized carbons (Fsp3) is 0.846. The van der Waals surface area contributed by atoms with E-state index >= 15 is 0 Å². The molecule has 1 amide bonds. The predicted octanol–water partition coefficient (Wildman–Crippen LogP) is 1.61. The Hall–Kier alpha value is -0.750. The maximum atomic E-state index is 12.2. The number of rotatable bonds is 5.